The summed E-state index contributed by atoms with van der Waals surface area (Å²) in [6.07, 6.45) is 4.45. The number of rotatable bonds is 7. The van der Waals surface area contributed by atoms with Crippen LogP contribution < -0.4 is 9.47 Å². The summed E-state index contributed by atoms with van der Waals surface area (Å²) in [5.74, 6) is 0.903. The minimum absolute atomic E-state index is 0.0487. The van der Waals surface area contributed by atoms with Gasteiger partial charge in [-0.05, 0) is 75.4 Å². The van der Waals surface area contributed by atoms with E-state index in [1.54, 1.807) is 16.4 Å². The molecule has 2 saturated heterocycles. The van der Waals surface area contributed by atoms with E-state index < -0.39 is 10.0 Å². The predicted molar refractivity (Wildman–Crippen MR) is 131 cm³/mol. The van der Waals surface area contributed by atoms with Crippen molar-refractivity contribution in [3.05, 3.63) is 53.6 Å². The van der Waals surface area contributed by atoms with Crippen LogP contribution in [0.1, 0.15) is 67.9 Å². The zero-order valence-corrected chi connectivity index (χ0v) is 21.0. The second-order valence-corrected chi connectivity index (χ2v) is 10.8. The van der Waals surface area contributed by atoms with Crippen molar-refractivity contribution in [2.24, 2.45) is 0 Å². The molecule has 34 heavy (non-hydrogen) atoms. The number of benzene rings is 2. The van der Waals surface area contributed by atoms with Gasteiger partial charge < -0.3 is 14.4 Å². The Morgan fingerprint density at radius 2 is 1.79 bits per heavy atom. The zero-order chi connectivity index (χ0) is 24.3. The Labute approximate surface area is 202 Å². The maximum atomic E-state index is 13.6. The Kier molecular flexibility index (Phi) is 7.48. The van der Waals surface area contributed by atoms with Crippen molar-refractivity contribution in [2.75, 3.05) is 26.8 Å². The molecule has 2 aromatic carbocycles. The first-order valence-electron chi connectivity index (χ1n) is 12.1. The number of piperidine rings is 1. The van der Waals surface area contributed by atoms with Crippen molar-refractivity contribution in [1.82, 2.24) is 9.21 Å². The molecule has 2 fully saturated rings. The molecule has 1 amide bonds. The molecule has 0 aliphatic carbocycles. The molecule has 2 heterocycles. The maximum Gasteiger partial charge on any atom is 0.254 e. The Balaban J connectivity index is 1.63. The van der Waals surface area contributed by atoms with Crippen LogP contribution in [0.5, 0.6) is 11.5 Å². The standard InChI is InChI=1S/C26H34N2O5S/c1-4-33-22-13-10-20(11-14-22)23-9-7-16-27(23)26(29)21-12-15-24(32-3)25(18-21)34(30,31)28-17-6-5-8-19(28)2/h10-15,18-19,23H,4-9,16-17H2,1-3H3/t19-,23+/m0/s1. The van der Waals surface area contributed by atoms with Crippen LogP contribution >= 0.6 is 0 Å². The number of methoxy groups -OCH3 is 1. The quantitative estimate of drug-likeness (QED) is 0.570. The number of amides is 1. The summed E-state index contributed by atoms with van der Waals surface area (Å²) in [7, 11) is -2.33. The zero-order valence-electron chi connectivity index (χ0n) is 20.2. The van der Waals surface area contributed by atoms with Crippen molar-refractivity contribution < 1.29 is 22.7 Å². The minimum Gasteiger partial charge on any atom is -0.495 e. The molecule has 0 unspecified atom stereocenters. The Morgan fingerprint density at radius 1 is 1.03 bits per heavy atom. The lowest BCUT2D eigenvalue weighted by Gasteiger charge is -2.32. The lowest BCUT2D eigenvalue weighted by Crippen LogP contribution is -2.42. The first kappa shape index (κ1) is 24.5. The third kappa shape index (κ3) is 4.79. The highest BCUT2D eigenvalue weighted by Crippen LogP contribution is 2.36. The van der Waals surface area contributed by atoms with Crippen molar-refractivity contribution in [3.8, 4) is 11.5 Å². The van der Waals surface area contributed by atoms with Crippen molar-refractivity contribution in [1.29, 1.82) is 0 Å². The summed E-state index contributed by atoms with van der Waals surface area (Å²) in [5, 5.41) is 0. The largest absolute Gasteiger partial charge is 0.495 e. The molecule has 0 spiro atoms. The van der Waals surface area contributed by atoms with Crippen LogP contribution in [0.15, 0.2) is 47.4 Å². The molecule has 2 atom stereocenters. The molecule has 4 rings (SSSR count). The smallest absolute Gasteiger partial charge is 0.254 e. The molecule has 0 N–H and O–H groups in total. The molecule has 8 heteroatoms. The lowest BCUT2D eigenvalue weighted by atomic mass is 10.0. The van der Waals surface area contributed by atoms with E-state index in [0.29, 0.717) is 25.3 Å². The number of hydrogen-bond donors (Lipinski definition) is 0. The van der Waals surface area contributed by atoms with Crippen LogP contribution in [-0.2, 0) is 10.0 Å². The molecule has 0 radical (unpaired) electrons. The molecule has 0 saturated carbocycles. The van der Waals surface area contributed by atoms with Gasteiger partial charge in [0.15, 0.2) is 0 Å². The second kappa shape index (κ2) is 10.4. The minimum atomic E-state index is -3.79. The average Bonchev–Trinajstić information content (AvgIpc) is 3.34. The summed E-state index contributed by atoms with van der Waals surface area (Å²) in [5.41, 5.74) is 1.42. The van der Waals surface area contributed by atoms with E-state index in [-0.39, 0.29) is 28.6 Å². The van der Waals surface area contributed by atoms with Gasteiger partial charge in [-0.25, -0.2) is 8.42 Å². The molecule has 2 aromatic rings. The average molecular weight is 487 g/mol. The Morgan fingerprint density at radius 3 is 2.47 bits per heavy atom. The van der Waals surface area contributed by atoms with Crippen LogP contribution in [0, 0.1) is 0 Å². The van der Waals surface area contributed by atoms with Crippen LogP contribution in [0.4, 0.5) is 0 Å². The first-order valence-corrected chi connectivity index (χ1v) is 13.5. The number of carbonyl (C=O) groups is 1. The van der Waals surface area contributed by atoms with E-state index >= 15 is 0 Å². The van der Waals surface area contributed by atoms with Gasteiger partial charge in [0.25, 0.3) is 5.91 Å². The van der Waals surface area contributed by atoms with Gasteiger partial charge in [-0.2, -0.15) is 4.31 Å². The molecular weight excluding hydrogens is 452 g/mol. The van der Waals surface area contributed by atoms with Crippen LogP contribution in [0.2, 0.25) is 0 Å². The maximum absolute atomic E-state index is 13.6. The second-order valence-electron chi connectivity index (χ2n) is 8.98. The third-order valence-electron chi connectivity index (χ3n) is 6.83. The van der Waals surface area contributed by atoms with E-state index in [1.807, 2.05) is 43.0 Å². The number of nitrogens with zero attached hydrogens (tertiary/aromatic N) is 2. The van der Waals surface area contributed by atoms with Crippen molar-refractivity contribution >= 4 is 15.9 Å². The molecular formula is C26H34N2O5S. The number of hydrogen-bond acceptors (Lipinski definition) is 5. The molecule has 7 nitrogen and oxygen atoms in total. The fraction of sp³-hybridized carbons (Fsp3) is 0.500. The van der Waals surface area contributed by atoms with Crippen LogP contribution in [-0.4, -0.2) is 56.4 Å². The fourth-order valence-electron chi connectivity index (χ4n) is 5.04. The van der Waals surface area contributed by atoms with Gasteiger partial charge in [0.05, 0.1) is 19.8 Å². The third-order valence-corrected chi connectivity index (χ3v) is 8.86. The van der Waals surface area contributed by atoms with Gasteiger partial charge in [0.2, 0.25) is 10.0 Å². The monoisotopic (exact) mass is 486 g/mol. The van der Waals surface area contributed by atoms with Gasteiger partial charge in [-0.15, -0.1) is 0 Å². The van der Waals surface area contributed by atoms with Gasteiger partial charge in [0, 0.05) is 24.7 Å². The van der Waals surface area contributed by atoms with E-state index in [4.69, 9.17) is 9.47 Å². The van der Waals surface area contributed by atoms with E-state index in [2.05, 4.69) is 0 Å². The normalized spacial score (nSPS) is 21.4. The molecule has 2 aliphatic heterocycles. The van der Waals surface area contributed by atoms with E-state index in [1.165, 1.54) is 13.2 Å². The fourth-order valence-corrected chi connectivity index (χ4v) is 6.92. The number of likely N-dealkylation sites (tertiary alicyclic amines) is 1. The van der Waals surface area contributed by atoms with Gasteiger partial charge in [0.1, 0.15) is 16.4 Å². The molecule has 0 bridgehead atoms. The summed E-state index contributed by atoms with van der Waals surface area (Å²) >= 11 is 0. The first-order chi connectivity index (χ1) is 16.4. The lowest BCUT2D eigenvalue weighted by molar-refractivity contribution is 0.0735. The van der Waals surface area contributed by atoms with Crippen molar-refractivity contribution in [2.45, 2.75) is 62.9 Å². The highest BCUT2D eigenvalue weighted by Gasteiger charge is 2.35. The molecule has 2 aliphatic rings. The topological polar surface area (TPSA) is 76.1 Å². The van der Waals surface area contributed by atoms with Crippen LogP contribution in [0.25, 0.3) is 0 Å². The van der Waals surface area contributed by atoms with E-state index in [0.717, 1.165) is 43.4 Å². The van der Waals surface area contributed by atoms with Gasteiger partial charge >= 0.3 is 0 Å². The Bertz CT molecular complexity index is 1120. The number of ether oxygens (including phenoxy) is 2. The number of carbonyl (C=O) groups excluding carboxylic acids is 1. The van der Waals surface area contributed by atoms with Crippen LogP contribution in [0.3, 0.4) is 0 Å². The highest BCUT2D eigenvalue weighted by atomic mass is 32.2. The molecule has 0 aromatic heterocycles. The molecule has 184 valence electrons. The summed E-state index contributed by atoms with van der Waals surface area (Å²) in [6, 6.07) is 12.5. The highest BCUT2D eigenvalue weighted by molar-refractivity contribution is 7.89. The van der Waals surface area contributed by atoms with Gasteiger partial charge in [-0.1, -0.05) is 18.6 Å². The van der Waals surface area contributed by atoms with E-state index in [9.17, 15) is 13.2 Å². The van der Waals surface area contributed by atoms with Gasteiger partial charge in [-0.3, -0.25) is 4.79 Å². The SMILES string of the molecule is CCOc1ccc([C@H]2CCCN2C(=O)c2ccc(OC)c(S(=O)(=O)N3CCCC[C@@H]3C)c2)cc1. The summed E-state index contributed by atoms with van der Waals surface area (Å²) < 4.78 is 39.6. The summed E-state index contributed by atoms with van der Waals surface area (Å²) in [6.45, 7) is 5.60. The summed E-state index contributed by atoms with van der Waals surface area (Å²) in [4.78, 5) is 15.5. The predicted octanol–water partition coefficient (Wildman–Crippen LogP) is 4.63. The number of sulfonamides is 1. The van der Waals surface area contributed by atoms with Crippen molar-refractivity contribution in [3.63, 3.8) is 0 Å². The Hall–Kier alpha value is -2.58.